The molecule has 2 aromatic rings. The first-order chi connectivity index (χ1) is 11.4. The topological polar surface area (TPSA) is 48.1 Å². The Morgan fingerprint density at radius 2 is 1.58 bits per heavy atom. The second-order valence-electron chi connectivity index (χ2n) is 5.54. The number of hydrogen-bond donors (Lipinski definition) is 1. The molecule has 2 rings (SSSR count). The van der Waals surface area contributed by atoms with Crippen LogP contribution in [0.5, 0.6) is 5.75 Å². The van der Waals surface area contributed by atoms with E-state index in [-0.39, 0.29) is 0 Å². The number of hydrogen-bond acceptors (Lipinski definition) is 3. The number of benzene rings is 1. The maximum Gasteiger partial charge on any atom is 0.145 e. The van der Waals surface area contributed by atoms with Gasteiger partial charge in [-0.05, 0) is 62.6 Å². The van der Waals surface area contributed by atoms with Crippen LogP contribution in [0.15, 0.2) is 36.5 Å². The quantitative estimate of drug-likeness (QED) is 0.710. The highest BCUT2D eigenvalue weighted by Gasteiger charge is 2.26. The van der Waals surface area contributed by atoms with Crippen LogP contribution in [0.3, 0.4) is 0 Å². The lowest BCUT2D eigenvalue weighted by atomic mass is 9.98. The third kappa shape index (κ3) is 6.23. The zero-order valence-electron chi connectivity index (χ0n) is 16.6. The van der Waals surface area contributed by atoms with Crippen molar-refractivity contribution in [1.82, 2.24) is 4.98 Å². The van der Waals surface area contributed by atoms with Crippen molar-refractivity contribution in [1.29, 1.82) is 0 Å². The summed E-state index contributed by atoms with van der Waals surface area (Å²) in [5.74, 6) is 0.796. The molecule has 3 heteroatoms. The molecule has 0 amide bonds. The number of pyridine rings is 1. The zero-order valence-corrected chi connectivity index (χ0v) is 16.6. The highest BCUT2D eigenvalue weighted by molar-refractivity contribution is 5.42. The molecular formula is C21H34N2O. The lowest BCUT2D eigenvalue weighted by Gasteiger charge is -2.27. The fraction of sp³-hybridized carbons (Fsp3) is 0.476. The van der Waals surface area contributed by atoms with Crippen LogP contribution in [-0.4, -0.2) is 4.98 Å². The molecule has 0 aliphatic rings. The first kappa shape index (κ1) is 22.0. The van der Waals surface area contributed by atoms with E-state index in [2.05, 4.69) is 24.9 Å². The lowest BCUT2D eigenvalue weighted by Crippen LogP contribution is -2.27. The van der Waals surface area contributed by atoms with Crippen molar-refractivity contribution in [3.8, 4) is 5.75 Å². The van der Waals surface area contributed by atoms with Crippen molar-refractivity contribution in [3.63, 3.8) is 0 Å². The second-order valence-corrected chi connectivity index (χ2v) is 5.54. The molecule has 0 saturated heterocycles. The molecule has 0 radical (unpaired) electrons. The van der Waals surface area contributed by atoms with Gasteiger partial charge in [-0.15, -0.1) is 0 Å². The number of nitrogen functional groups attached to an aromatic ring is 1. The van der Waals surface area contributed by atoms with E-state index in [0.29, 0.717) is 0 Å². The number of nitrogens with zero attached hydrogens (tertiary/aromatic N) is 1. The average Bonchev–Trinajstić information content (AvgIpc) is 2.60. The molecule has 0 aliphatic heterocycles. The number of nitrogens with two attached hydrogens (primary N) is 1. The smallest absolute Gasteiger partial charge is 0.145 e. The Labute approximate surface area is 148 Å². The summed E-state index contributed by atoms with van der Waals surface area (Å²) in [5.41, 5.74) is 9.31. The van der Waals surface area contributed by atoms with Gasteiger partial charge in [-0.2, -0.15) is 0 Å². The first-order valence-corrected chi connectivity index (χ1v) is 8.93. The Morgan fingerprint density at radius 3 is 2.04 bits per heavy atom. The first-order valence-electron chi connectivity index (χ1n) is 8.93. The maximum atomic E-state index is 6.08. The third-order valence-corrected chi connectivity index (χ3v) is 3.37. The predicted molar refractivity (Wildman–Crippen MR) is 106 cm³/mol. The van der Waals surface area contributed by atoms with Gasteiger partial charge in [-0.3, -0.25) is 4.98 Å². The highest BCUT2D eigenvalue weighted by atomic mass is 16.5. The van der Waals surface area contributed by atoms with Gasteiger partial charge in [0.2, 0.25) is 0 Å². The molecule has 0 fully saturated rings. The van der Waals surface area contributed by atoms with Gasteiger partial charge in [-0.25, -0.2) is 0 Å². The van der Waals surface area contributed by atoms with Crippen LogP contribution in [0.2, 0.25) is 0 Å². The van der Waals surface area contributed by atoms with Gasteiger partial charge in [-0.1, -0.05) is 40.7 Å². The fourth-order valence-electron chi connectivity index (χ4n) is 2.34. The van der Waals surface area contributed by atoms with Crippen molar-refractivity contribution < 1.29 is 4.74 Å². The standard InChI is InChI=1S/C17H22N2O.2C2H6/c1-5-13-10-12(2)16(19-11-13)17(3,4)20-15-8-6-14(18)7-9-15;2*1-2/h6-11H,5,18H2,1-4H3;2*1-2H3. The van der Waals surface area contributed by atoms with Gasteiger partial charge < -0.3 is 10.5 Å². The van der Waals surface area contributed by atoms with Gasteiger partial charge in [0, 0.05) is 11.9 Å². The summed E-state index contributed by atoms with van der Waals surface area (Å²) >= 11 is 0. The van der Waals surface area contributed by atoms with Gasteiger partial charge in [0.1, 0.15) is 11.4 Å². The normalized spacial score (nSPS) is 10.0. The number of rotatable bonds is 4. The van der Waals surface area contributed by atoms with Crippen molar-refractivity contribution in [2.75, 3.05) is 5.73 Å². The fourth-order valence-corrected chi connectivity index (χ4v) is 2.34. The summed E-state index contributed by atoms with van der Waals surface area (Å²) in [4.78, 5) is 4.58. The van der Waals surface area contributed by atoms with Crippen LogP contribution >= 0.6 is 0 Å². The molecule has 24 heavy (non-hydrogen) atoms. The monoisotopic (exact) mass is 330 g/mol. The molecule has 0 bridgehead atoms. The molecule has 1 heterocycles. The van der Waals surface area contributed by atoms with E-state index in [0.717, 1.165) is 29.1 Å². The number of aromatic nitrogens is 1. The third-order valence-electron chi connectivity index (χ3n) is 3.37. The van der Waals surface area contributed by atoms with Crippen molar-refractivity contribution in [2.24, 2.45) is 0 Å². The van der Waals surface area contributed by atoms with E-state index < -0.39 is 5.60 Å². The average molecular weight is 331 g/mol. The van der Waals surface area contributed by atoms with Crippen LogP contribution in [-0.2, 0) is 12.0 Å². The van der Waals surface area contributed by atoms with E-state index in [1.807, 2.05) is 72.0 Å². The SMILES string of the molecule is CC.CC.CCc1cnc(C(C)(C)Oc2ccc(N)cc2)c(C)c1. The minimum Gasteiger partial charge on any atom is -0.482 e. The van der Waals surface area contributed by atoms with E-state index in [1.54, 1.807) is 0 Å². The highest BCUT2D eigenvalue weighted by Crippen LogP contribution is 2.29. The Hall–Kier alpha value is -2.03. The van der Waals surface area contributed by atoms with E-state index >= 15 is 0 Å². The van der Waals surface area contributed by atoms with Crippen LogP contribution in [0, 0.1) is 6.92 Å². The van der Waals surface area contributed by atoms with E-state index in [9.17, 15) is 0 Å². The van der Waals surface area contributed by atoms with E-state index in [1.165, 1.54) is 5.56 Å². The number of anilines is 1. The van der Waals surface area contributed by atoms with Gasteiger partial charge in [0.25, 0.3) is 0 Å². The summed E-state index contributed by atoms with van der Waals surface area (Å²) in [5, 5.41) is 0. The van der Waals surface area contributed by atoms with Gasteiger partial charge in [0.15, 0.2) is 0 Å². The van der Waals surface area contributed by atoms with Crippen molar-refractivity contribution in [3.05, 3.63) is 53.3 Å². The summed E-state index contributed by atoms with van der Waals surface area (Å²) in [6, 6.07) is 9.62. The molecule has 1 aromatic heterocycles. The summed E-state index contributed by atoms with van der Waals surface area (Å²) in [7, 11) is 0. The Bertz CT molecular complexity index is 589. The van der Waals surface area contributed by atoms with Crippen molar-refractivity contribution >= 4 is 5.69 Å². The molecular weight excluding hydrogens is 296 g/mol. The van der Waals surface area contributed by atoms with Gasteiger partial charge in [0.05, 0.1) is 5.69 Å². The summed E-state index contributed by atoms with van der Waals surface area (Å²) in [6.45, 7) is 16.3. The molecule has 1 aromatic carbocycles. The Balaban J connectivity index is 0.00000123. The Kier molecular flexibility index (Phi) is 9.79. The second kappa shape index (κ2) is 10.7. The molecule has 3 nitrogen and oxygen atoms in total. The zero-order chi connectivity index (χ0) is 18.8. The minimum atomic E-state index is -0.480. The number of ether oxygens (including phenoxy) is 1. The molecule has 134 valence electrons. The molecule has 0 spiro atoms. The van der Waals surface area contributed by atoms with E-state index in [4.69, 9.17) is 10.5 Å². The largest absolute Gasteiger partial charge is 0.482 e. The van der Waals surface area contributed by atoms with Gasteiger partial charge >= 0.3 is 0 Å². The molecule has 0 saturated carbocycles. The van der Waals surface area contributed by atoms with Crippen LogP contribution in [0.4, 0.5) is 5.69 Å². The van der Waals surface area contributed by atoms with Crippen LogP contribution in [0.25, 0.3) is 0 Å². The van der Waals surface area contributed by atoms with Crippen LogP contribution < -0.4 is 10.5 Å². The van der Waals surface area contributed by atoms with Crippen LogP contribution in [0.1, 0.15) is 65.3 Å². The van der Waals surface area contributed by atoms with Crippen molar-refractivity contribution in [2.45, 2.75) is 67.4 Å². The molecule has 0 aliphatic carbocycles. The molecule has 2 N–H and O–H groups in total. The summed E-state index contributed by atoms with van der Waals surface area (Å²) < 4.78 is 6.08. The number of aryl methyl sites for hydroxylation is 2. The molecule has 0 atom stereocenters. The maximum absolute atomic E-state index is 6.08. The molecule has 0 unspecified atom stereocenters. The minimum absolute atomic E-state index is 0.480. The predicted octanol–water partition coefficient (Wildman–Crippen LogP) is 5.90. The summed E-state index contributed by atoms with van der Waals surface area (Å²) in [6.07, 6.45) is 2.92. The Morgan fingerprint density at radius 1 is 1.04 bits per heavy atom. The lowest BCUT2D eigenvalue weighted by molar-refractivity contribution is 0.103.